The molecule has 2 N–H and O–H groups in total. The lowest BCUT2D eigenvalue weighted by Crippen LogP contribution is -2.14. The van der Waals surface area contributed by atoms with Gasteiger partial charge in [-0.15, -0.1) is 0 Å². The molecule has 1 atom stereocenters. The average molecular weight is 260 g/mol. The van der Waals surface area contributed by atoms with Gasteiger partial charge < -0.3 is 10.6 Å². The van der Waals surface area contributed by atoms with E-state index < -0.39 is 0 Å². The van der Waals surface area contributed by atoms with Gasteiger partial charge >= 0.3 is 0 Å². The molecular weight excluding hydrogens is 232 g/mol. The lowest BCUT2D eigenvalue weighted by Gasteiger charge is -2.16. The summed E-state index contributed by atoms with van der Waals surface area (Å²) in [7, 11) is 0. The number of fused-ring (bicyclic) bond motifs is 1. The summed E-state index contributed by atoms with van der Waals surface area (Å²) in [6, 6.07) is 7.29. The summed E-state index contributed by atoms with van der Waals surface area (Å²) in [6.45, 7) is 5.66. The van der Waals surface area contributed by atoms with Gasteiger partial charge in [-0.2, -0.15) is 0 Å². The van der Waals surface area contributed by atoms with Crippen molar-refractivity contribution in [3.8, 4) is 0 Å². The third kappa shape index (κ3) is 4.45. The van der Waals surface area contributed by atoms with Crippen LogP contribution in [0.3, 0.4) is 0 Å². The van der Waals surface area contributed by atoms with E-state index in [-0.39, 0.29) is 0 Å². The Morgan fingerprint density at radius 3 is 2.89 bits per heavy atom. The zero-order valence-corrected chi connectivity index (χ0v) is 12.5. The predicted octanol–water partition coefficient (Wildman–Crippen LogP) is 4.82. The number of rotatable bonds is 8. The monoisotopic (exact) mass is 260 g/mol. The largest absolute Gasteiger partial charge is 0.384 e. The third-order valence-electron chi connectivity index (χ3n) is 3.97. The van der Waals surface area contributed by atoms with Crippen LogP contribution in [0.2, 0.25) is 0 Å². The van der Waals surface area contributed by atoms with Crippen molar-refractivity contribution >= 4 is 11.4 Å². The van der Waals surface area contributed by atoms with Crippen LogP contribution in [0.25, 0.3) is 0 Å². The first kappa shape index (κ1) is 14.2. The minimum absolute atomic E-state index is 0.578. The maximum Gasteiger partial charge on any atom is 0.0375 e. The molecule has 106 valence electrons. The fourth-order valence-corrected chi connectivity index (χ4v) is 2.81. The molecule has 0 aromatic heterocycles. The maximum absolute atomic E-state index is 3.63. The molecule has 0 amide bonds. The van der Waals surface area contributed by atoms with Crippen molar-refractivity contribution in [1.29, 1.82) is 0 Å². The van der Waals surface area contributed by atoms with E-state index in [4.69, 9.17) is 0 Å². The first-order chi connectivity index (χ1) is 9.29. The number of hydrogen-bond acceptors (Lipinski definition) is 2. The van der Waals surface area contributed by atoms with Crippen LogP contribution in [0.5, 0.6) is 0 Å². The quantitative estimate of drug-likeness (QED) is 0.655. The van der Waals surface area contributed by atoms with Gasteiger partial charge in [0.2, 0.25) is 0 Å². The minimum Gasteiger partial charge on any atom is -0.384 e. The second kappa shape index (κ2) is 7.42. The molecule has 1 aromatic carbocycles. The molecule has 19 heavy (non-hydrogen) atoms. The zero-order chi connectivity index (χ0) is 13.5. The highest BCUT2D eigenvalue weighted by atomic mass is 14.9. The van der Waals surface area contributed by atoms with E-state index in [1.807, 2.05) is 0 Å². The standard InChI is InChI=1S/C17H28N2/c1-3-4-5-6-7-8-14(2)19-16-9-10-17-15(13-16)11-12-18-17/h9-10,13-14,18-19H,3-8,11-12H2,1-2H3. The van der Waals surface area contributed by atoms with Gasteiger partial charge in [-0.3, -0.25) is 0 Å². The van der Waals surface area contributed by atoms with E-state index in [2.05, 4.69) is 42.7 Å². The van der Waals surface area contributed by atoms with Crippen molar-refractivity contribution in [2.45, 2.75) is 64.8 Å². The van der Waals surface area contributed by atoms with Crippen LogP contribution in [0, 0.1) is 0 Å². The molecule has 2 heteroatoms. The van der Waals surface area contributed by atoms with Crippen LogP contribution in [-0.2, 0) is 6.42 Å². The van der Waals surface area contributed by atoms with Gasteiger partial charge in [-0.25, -0.2) is 0 Å². The summed E-state index contributed by atoms with van der Waals surface area (Å²) in [6.07, 6.45) is 9.29. The second-order valence-corrected chi connectivity index (χ2v) is 5.80. The molecule has 0 aliphatic carbocycles. The Bertz CT molecular complexity index is 387. The van der Waals surface area contributed by atoms with E-state index in [9.17, 15) is 0 Å². The number of hydrogen-bond donors (Lipinski definition) is 2. The molecule has 2 rings (SSSR count). The van der Waals surface area contributed by atoms with Crippen LogP contribution >= 0.6 is 0 Å². The molecule has 1 aliphatic heterocycles. The highest BCUT2D eigenvalue weighted by molar-refractivity contribution is 5.62. The molecule has 1 aromatic rings. The van der Waals surface area contributed by atoms with Crippen LogP contribution in [0.4, 0.5) is 11.4 Å². The Hall–Kier alpha value is -1.18. The number of nitrogens with one attached hydrogen (secondary N) is 2. The Kier molecular flexibility index (Phi) is 5.56. The molecule has 1 heterocycles. The number of benzene rings is 1. The molecule has 0 bridgehead atoms. The van der Waals surface area contributed by atoms with Crippen LogP contribution in [0.15, 0.2) is 18.2 Å². The van der Waals surface area contributed by atoms with Gasteiger partial charge in [0.25, 0.3) is 0 Å². The summed E-state index contributed by atoms with van der Waals surface area (Å²) < 4.78 is 0. The Morgan fingerprint density at radius 1 is 1.21 bits per heavy atom. The van der Waals surface area contributed by atoms with Crippen molar-refractivity contribution in [3.63, 3.8) is 0 Å². The lowest BCUT2D eigenvalue weighted by molar-refractivity contribution is 0.578. The first-order valence-corrected chi connectivity index (χ1v) is 7.93. The third-order valence-corrected chi connectivity index (χ3v) is 3.97. The highest BCUT2D eigenvalue weighted by Crippen LogP contribution is 2.25. The van der Waals surface area contributed by atoms with Gasteiger partial charge in [0.1, 0.15) is 0 Å². The van der Waals surface area contributed by atoms with E-state index >= 15 is 0 Å². The average Bonchev–Trinajstić information content (AvgIpc) is 2.86. The van der Waals surface area contributed by atoms with Gasteiger partial charge in [0, 0.05) is 24.0 Å². The molecular formula is C17H28N2. The van der Waals surface area contributed by atoms with Crippen molar-refractivity contribution in [3.05, 3.63) is 23.8 Å². The maximum atomic E-state index is 3.63. The zero-order valence-electron chi connectivity index (χ0n) is 12.5. The number of unbranched alkanes of at least 4 members (excludes halogenated alkanes) is 4. The Balaban J connectivity index is 1.71. The summed E-state index contributed by atoms with van der Waals surface area (Å²) in [5.74, 6) is 0. The molecule has 0 saturated heterocycles. The van der Waals surface area contributed by atoms with Crippen molar-refractivity contribution in [2.75, 3.05) is 17.2 Å². The highest BCUT2D eigenvalue weighted by Gasteiger charge is 2.10. The van der Waals surface area contributed by atoms with Gasteiger partial charge in [-0.05, 0) is 43.5 Å². The predicted molar refractivity (Wildman–Crippen MR) is 85.1 cm³/mol. The van der Waals surface area contributed by atoms with E-state index in [0.717, 1.165) is 13.0 Å². The van der Waals surface area contributed by atoms with E-state index in [1.165, 1.54) is 55.5 Å². The first-order valence-electron chi connectivity index (χ1n) is 7.93. The van der Waals surface area contributed by atoms with Gasteiger partial charge in [0.15, 0.2) is 0 Å². The normalized spacial score (nSPS) is 14.8. The molecule has 2 nitrogen and oxygen atoms in total. The van der Waals surface area contributed by atoms with Crippen LogP contribution in [0.1, 0.15) is 57.9 Å². The lowest BCUT2D eigenvalue weighted by atomic mass is 10.1. The molecule has 0 spiro atoms. The van der Waals surface area contributed by atoms with E-state index in [0.29, 0.717) is 6.04 Å². The van der Waals surface area contributed by atoms with Crippen molar-refractivity contribution in [2.24, 2.45) is 0 Å². The molecule has 0 radical (unpaired) electrons. The van der Waals surface area contributed by atoms with E-state index in [1.54, 1.807) is 0 Å². The van der Waals surface area contributed by atoms with Crippen LogP contribution in [-0.4, -0.2) is 12.6 Å². The summed E-state index contributed by atoms with van der Waals surface area (Å²) in [5.41, 5.74) is 4.06. The van der Waals surface area contributed by atoms with Crippen molar-refractivity contribution < 1.29 is 0 Å². The molecule has 0 saturated carbocycles. The minimum atomic E-state index is 0.578. The summed E-state index contributed by atoms with van der Waals surface area (Å²) >= 11 is 0. The SMILES string of the molecule is CCCCCCCC(C)Nc1ccc2c(c1)CCN2. The summed E-state index contributed by atoms with van der Waals surface area (Å²) in [5, 5.41) is 7.04. The van der Waals surface area contributed by atoms with Crippen LogP contribution < -0.4 is 10.6 Å². The number of anilines is 2. The summed E-state index contributed by atoms with van der Waals surface area (Å²) in [4.78, 5) is 0. The fourth-order valence-electron chi connectivity index (χ4n) is 2.81. The Morgan fingerprint density at radius 2 is 2.05 bits per heavy atom. The van der Waals surface area contributed by atoms with Crippen molar-refractivity contribution in [1.82, 2.24) is 0 Å². The fraction of sp³-hybridized carbons (Fsp3) is 0.647. The molecule has 1 unspecified atom stereocenters. The van der Waals surface area contributed by atoms with Gasteiger partial charge in [-0.1, -0.05) is 39.0 Å². The smallest absolute Gasteiger partial charge is 0.0375 e. The molecule has 1 aliphatic rings. The van der Waals surface area contributed by atoms with Gasteiger partial charge in [0.05, 0.1) is 0 Å². The second-order valence-electron chi connectivity index (χ2n) is 5.80. The Labute approximate surface area is 118 Å². The topological polar surface area (TPSA) is 24.1 Å². The molecule has 0 fully saturated rings.